The second-order valence-corrected chi connectivity index (χ2v) is 6.52. The molecule has 0 saturated heterocycles. The summed E-state index contributed by atoms with van der Waals surface area (Å²) in [5, 5.41) is 2.84. The molecule has 1 amide bonds. The SMILES string of the molecule is CC(CSc1ccccc1)C(=O)NC(C)c1ccc(F)c(F)c1. The Hall–Kier alpha value is -1.88. The Morgan fingerprint density at radius 2 is 1.78 bits per heavy atom. The Morgan fingerprint density at radius 3 is 2.43 bits per heavy atom. The molecule has 0 aliphatic heterocycles. The Bertz CT molecular complexity index is 663. The zero-order chi connectivity index (χ0) is 16.8. The van der Waals surface area contributed by atoms with Gasteiger partial charge in [0.25, 0.3) is 0 Å². The summed E-state index contributed by atoms with van der Waals surface area (Å²) in [6.07, 6.45) is 0. The molecule has 2 atom stereocenters. The molecule has 0 bridgehead atoms. The van der Waals surface area contributed by atoms with Crippen LogP contribution in [-0.4, -0.2) is 11.7 Å². The number of carbonyl (C=O) groups excluding carboxylic acids is 1. The minimum absolute atomic E-state index is 0.106. The van der Waals surface area contributed by atoms with Gasteiger partial charge in [0, 0.05) is 16.6 Å². The fraction of sp³-hybridized carbons (Fsp3) is 0.278. The number of thioether (sulfide) groups is 1. The van der Waals surface area contributed by atoms with E-state index in [-0.39, 0.29) is 17.9 Å². The van der Waals surface area contributed by atoms with Crippen molar-refractivity contribution in [2.24, 2.45) is 5.92 Å². The van der Waals surface area contributed by atoms with Crippen LogP contribution >= 0.6 is 11.8 Å². The molecule has 2 nitrogen and oxygen atoms in total. The van der Waals surface area contributed by atoms with Gasteiger partial charge in [0.15, 0.2) is 11.6 Å². The molecule has 0 aromatic heterocycles. The first-order valence-corrected chi connectivity index (χ1v) is 8.39. The molecule has 122 valence electrons. The van der Waals surface area contributed by atoms with E-state index in [2.05, 4.69) is 5.32 Å². The van der Waals surface area contributed by atoms with Crippen LogP contribution in [0.2, 0.25) is 0 Å². The second-order valence-electron chi connectivity index (χ2n) is 5.43. The van der Waals surface area contributed by atoms with Gasteiger partial charge in [-0.2, -0.15) is 0 Å². The number of amides is 1. The number of rotatable bonds is 6. The fourth-order valence-electron chi connectivity index (χ4n) is 2.03. The number of benzene rings is 2. The van der Waals surface area contributed by atoms with Gasteiger partial charge >= 0.3 is 0 Å². The molecule has 23 heavy (non-hydrogen) atoms. The summed E-state index contributed by atoms with van der Waals surface area (Å²) < 4.78 is 26.2. The van der Waals surface area contributed by atoms with Crippen LogP contribution in [0.25, 0.3) is 0 Å². The lowest BCUT2D eigenvalue weighted by Gasteiger charge is -2.18. The highest BCUT2D eigenvalue weighted by molar-refractivity contribution is 7.99. The summed E-state index contributed by atoms with van der Waals surface area (Å²) in [6.45, 7) is 3.60. The smallest absolute Gasteiger partial charge is 0.224 e. The normalized spacial score (nSPS) is 13.4. The molecule has 5 heteroatoms. The Kier molecular flexibility index (Phi) is 6.16. The van der Waals surface area contributed by atoms with Crippen molar-refractivity contribution < 1.29 is 13.6 Å². The van der Waals surface area contributed by atoms with Crippen molar-refractivity contribution in [3.63, 3.8) is 0 Å². The summed E-state index contributed by atoms with van der Waals surface area (Å²) in [5.74, 6) is -1.44. The molecule has 0 aliphatic carbocycles. The van der Waals surface area contributed by atoms with E-state index in [1.54, 1.807) is 18.7 Å². The molecule has 0 spiro atoms. The van der Waals surface area contributed by atoms with Crippen LogP contribution in [0, 0.1) is 17.6 Å². The van der Waals surface area contributed by atoms with Crippen LogP contribution in [0.15, 0.2) is 53.4 Å². The third-order valence-electron chi connectivity index (χ3n) is 3.49. The van der Waals surface area contributed by atoms with Gasteiger partial charge in [-0.05, 0) is 36.8 Å². The van der Waals surface area contributed by atoms with E-state index in [1.807, 2.05) is 37.3 Å². The van der Waals surface area contributed by atoms with Crippen molar-refractivity contribution in [2.45, 2.75) is 24.8 Å². The van der Waals surface area contributed by atoms with Gasteiger partial charge < -0.3 is 5.32 Å². The van der Waals surface area contributed by atoms with Gasteiger partial charge in [-0.15, -0.1) is 11.8 Å². The molecule has 2 aromatic rings. The first-order valence-electron chi connectivity index (χ1n) is 7.40. The predicted molar refractivity (Wildman–Crippen MR) is 89.2 cm³/mol. The zero-order valence-corrected chi connectivity index (χ0v) is 13.9. The van der Waals surface area contributed by atoms with Crippen molar-refractivity contribution >= 4 is 17.7 Å². The van der Waals surface area contributed by atoms with Crippen molar-refractivity contribution in [1.29, 1.82) is 0 Å². The second kappa shape index (κ2) is 8.11. The van der Waals surface area contributed by atoms with E-state index in [4.69, 9.17) is 0 Å². The molecule has 2 aromatic carbocycles. The van der Waals surface area contributed by atoms with Gasteiger partial charge in [0.05, 0.1) is 6.04 Å². The monoisotopic (exact) mass is 335 g/mol. The predicted octanol–water partition coefficient (Wildman–Crippen LogP) is 4.57. The molecule has 0 saturated carbocycles. The summed E-state index contributed by atoms with van der Waals surface area (Å²) in [7, 11) is 0. The van der Waals surface area contributed by atoms with E-state index in [0.717, 1.165) is 17.0 Å². The molecule has 2 unspecified atom stereocenters. The minimum atomic E-state index is -0.906. The van der Waals surface area contributed by atoms with Gasteiger partial charge in [-0.25, -0.2) is 8.78 Å². The van der Waals surface area contributed by atoms with E-state index < -0.39 is 11.6 Å². The summed E-state index contributed by atoms with van der Waals surface area (Å²) >= 11 is 1.61. The van der Waals surface area contributed by atoms with Crippen LogP contribution in [0.4, 0.5) is 8.78 Å². The average molecular weight is 335 g/mol. The lowest BCUT2D eigenvalue weighted by molar-refractivity contribution is -0.124. The molecule has 1 N–H and O–H groups in total. The zero-order valence-electron chi connectivity index (χ0n) is 13.1. The van der Waals surface area contributed by atoms with Crippen LogP contribution in [0.3, 0.4) is 0 Å². The number of halogens is 2. The van der Waals surface area contributed by atoms with Crippen LogP contribution < -0.4 is 5.32 Å². The highest BCUT2D eigenvalue weighted by Gasteiger charge is 2.17. The highest BCUT2D eigenvalue weighted by atomic mass is 32.2. The largest absolute Gasteiger partial charge is 0.349 e. The van der Waals surface area contributed by atoms with E-state index >= 15 is 0 Å². The number of nitrogens with one attached hydrogen (secondary N) is 1. The standard InChI is InChI=1S/C18H19F2NOS/c1-12(11-23-15-6-4-3-5-7-15)18(22)21-13(2)14-8-9-16(19)17(20)10-14/h3-10,12-13H,11H2,1-2H3,(H,21,22). The molecular formula is C18H19F2NOS. The van der Waals surface area contributed by atoms with E-state index in [0.29, 0.717) is 11.3 Å². The van der Waals surface area contributed by atoms with Crippen molar-refractivity contribution in [2.75, 3.05) is 5.75 Å². The first-order chi connectivity index (χ1) is 11.0. The number of hydrogen-bond donors (Lipinski definition) is 1. The van der Waals surface area contributed by atoms with Crippen molar-refractivity contribution in [3.8, 4) is 0 Å². The third-order valence-corrected chi connectivity index (χ3v) is 4.77. The molecule has 0 fully saturated rings. The summed E-state index contributed by atoms with van der Waals surface area (Å²) in [6, 6.07) is 13.2. The van der Waals surface area contributed by atoms with Crippen LogP contribution in [-0.2, 0) is 4.79 Å². The average Bonchev–Trinajstić information content (AvgIpc) is 2.55. The highest BCUT2D eigenvalue weighted by Crippen LogP contribution is 2.21. The lowest BCUT2D eigenvalue weighted by Crippen LogP contribution is -2.32. The molecule has 0 aliphatic rings. The maximum Gasteiger partial charge on any atom is 0.224 e. The fourth-order valence-corrected chi connectivity index (χ4v) is 2.98. The van der Waals surface area contributed by atoms with E-state index in [9.17, 15) is 13.6 Å². The maximum atomic E-state index is 13.3. The van der Waals surface area contributed by atoms with Gasteiger partial charge in [-0.3, -0.25) is 4.79 Å². The molecular weight excluding hydrogens is 316 g/mol. The third kappa shape index (κ3) is 5.06. The van der Waals surface area contributed by atoms with Gasteiger partial charge in [0.1, 0.15) is 0 Å². The first kappa shape index (κ1) is 17.5. The number of hydrogen-bond acceptors (Lipinski definition) is 2. The molecule has 0 radical (unpaired) electrons. The summed E-state index contributed by atoms with van der Waals surface area (Å²) in [4.78, 5) is 13.3. The topological polar surface area (TPSA) is 29.1 Å². The van der Waals surface area contributed by atoms with Gasteiger partial charge in [-0.1, -0.05) is 31.2 Å². The maximum absolute atomic E-state index is 13.3. The Labute approximate surface area is 139 Å². The van der Waals surface area contributed by atoms with Crippen molar-refractivity contribution in [3.05, 3.63) is 65.7 Å². The van der Waals surface area contributed by atoms with Gasteiger partial charge in [0.2, 0.25) is 5.91 Å². The summed E-state index contributed by atoms with van der Waals surface area (Å²) in [5.41, 5.74) is 0.542. The van der Waals surface area contributed by atoms with Crippen LogP contribution in [0.5, 0.6) is 0 Å². The lowest BCUT2D eigenvalue weighted by atomic mass is 10.1. The number of carbonyl (C=O) groups is 1. The minimum Gasteiger partial charge on any atom is -0.349 e. The Balaban J connectivity index is 1.88. The van der Waals surface area contributed by atoms with E-state index in [1.165, 1.54) is 6.07 Å². The molecule has 2 rings (SSSR count). The quantitative estimate of drug-likeness (QED) is 0.784. The molecule has 0 heterocycles. The Morgan fingerprint density at radius 1 is 1.09 bits per heavy atom. The van der Waals surface area contributed by atoms with Crippen LogP contribution in [0.1, 0.15) is 25.5 Å². The van der Waals surface area contributed by atoms with Crippen molar-refractivity contribution in [1.82, 2.24) is 5.32 Å².